The lowest BCUT2D eigenvalue weighted by atomic mass is 10.1. The summed E-state index contributed by atoms with van der Waals surface area (Å²) in [6.45, 7) is 5.91. The number of benzene rings is 2. The smallest absolute Gasteiger partial charge is 0.353 e. The van der Waals surface area contributed by atoms with E-state index in [0.29, 0.717) is 34.5 Å². The van der Waals surface area contributed by atoms with Gasteiger partial charge in [-0.15, -0.1) is 5.10 Å². The molecule has 3 aromatic heterocycles. The average molecular weight is 488 g/mol. The summed E-state index contributed by atoms with van der Waals surface area (Å²) in [5.74, 6) is 1.93. The number of aromatic nitrogens is 6. The molecule has 0 bridgehead atoms. The van der Waals surface area contributed by atoms with E-state index in [1.807, 2.05) is 39.0 Å². The quantitative estimate of drug-likeness (QED) is 0.366. The molecule has 11 heteroatoms. The standard InChI is InChI=1S/C25H25N7O4/c1-14-9-10-17(11-15(14)2)27-24-26-16(3)12-20-29-31(25(33)32(20)24)13-21-28-23(30-36-21)18-7-6-8-19(34-4)22(18)35-5/h6-12H,13H2,1-5H3,(H,26,27). The number of fused-ring (bicyclic) bond motifs is 1. The van der Waals surface area contributed by atoms with Crippen LogP contribution in [0.2, 0.25) is 0 Å². The van der Waals surface area contributed by atoms with Crippen LogP contribution in [0.25, 0.3) is 17.0 Å². The van der Waals surface area contributed by atoms with E-state index in [2.05, 4.69) is 25.5 Å². The topological polar surface area (TPSA) is 122 Å². The van der Waals surface area contributed by atoms with Gasteiger partial charge in [0, 0.05) is 17.4 Å². The van der Waals surface area contributed by atoms with Gasteiger partial charge in [0.15, 0.2) is 17.1 Å². The van der Waals surface area contributed by atoms with Crippen LogP contribution in [-0.2, 0) is 6.54 Å². The zero-order valence-corrected chi connectivity index (χ0v) is 20.6. The second-order valence-corrected chi connectivity index (χ2v) is 8.33. The van der Waals surface area contributed by atoms with Crippen molar-refractivity contribution < 1.29 is 14.0 Å². The first-order valence-corrected chi connectivity index (χ1v) is 11.2. The highest BCUT2D eigenvalue weighted by Crippen LogP contribution is 2.36. The molecule has 184 valence electrons. The fourth-order valence-electron chi connectivity index (χ4n) is 3.91. The summed E-state index contributed by atoms with van der Waals surface area (Å²) in [6, 6.07) is 13.1. The molecule has 0 amide bonds. The van der Waals surface area contributed by atoms with Gasteiger partial charge in [-0.05, 0) is 56.2 Å². The van der Waals surface area contributed by atoms with Crippen molar-refractivity contribution in [3.05, 3.63) is 75.7 Å². The third kappa shape index (κ3) is 4.15. The average Bonchev–Trinajstić information content (AvgIpc) is 3.45. The Morgan fingerprint density at radius 3 is 2.58 bits per heavy atom. The fraction of sp³-hybridized carbons (Fsp3) is 0.240. The van der Waals surface area contributed by atoms with E-state index in [-0.39, 0.29) is 18.1 Å². The predicted octanol–water partition coefficient (Wildman–Crippen LogP) is 3.68. The normalized spacial score (nSPS) is 11.1. The Morgan fingerprint density at radius 1 is 1.00 bits per heavy atom. The largest absolute Gasteiger partial charge is 0.493 e. The molecule has 11 nitrogen and oxygen atoms in total. The number of hydrogen-bond donors (Lipinski definition) is 1. The highest BCUT2D eigenvalue weighted by atomic mass is 16.5. The van der Waals surface area contributed by atoms with E-state index in [1.165, 1.54) is 21.8 Å². The number of aryl methyl sites for hydroxylation is 3. The molecular weight excluding hydrogens is 462 g/mol. The Morgan fingerprint density at radius 2 is 1.83 bits per heavy atom. The Kier molecular flexibility index (Phi) is 5.88. The molecule has 0 fully saturated rings. The molecule has 0 saturated heterocycles. The maximum absolute atomic E-state index is 13.3. The zero-order chi connectivity index (χ0) is 25.4. The van der Waals surface area contributed by atoms with Crippen molar-refractivity contribution in [2.75, 3.05) is 19.5 Å². The minimum atomic E-state index is -0.387. The van der Waals surface area contributed by atoms with Crippen molar-refractivity contribution in [2.24, 2.45) is 0 Å². The second kappa shape index (κ2) is 9.17. The summed E-state index contributed by atoms with van der Waals surface area (Å²) in [5, 5.41) is 11.8. The van der Waals surface area contributed by atoms with Crippen LogP contribution >= 0.6 is 0 Å². The molecule has 36 heavy (non-hydrogen) atoms. The molecule has 0 spiro atoms. The SMILES string of the molecule is COc1cccc(-c2noc(Cn3nc4cc(C)nc(Nc5ccc(C)c(C)c5)n4c3=O)n2)c1OC. The van der Waals surface area contributed by atoms with Gasteiger partial charge in [0.05, 0.1) is 19.8 Å². The number of ether oxygens (including phenoxy) is 2. The molecule has 5 aromatic rings. The first kappa shape index (κ1) is 23.1. The number of nitrogens with zero attached hydrogens (tertiary/aromatic N) is 6. The van der Waals surface area contributed by atoms with Gasteiger partial charge in [0.1, 0.15) is 6.54 Å². The summed E-state index contributed by atoms with van der Waals surface area (Å²) >= 11 is 0. The van der Waals surface area contributed by atoms with Crippen molar-refractivity contribution in [3.8, 4) is 22.9 Å². The van der Waals surface area contributed by atoms with E-state index in [9.17, 15) is 4.79 Å². The van der Waals surface area contributed by atoms with E-state index >= 15 is 0 Å². The van der Waals surface area contributed by atoms with Gasteiger partial charge in [0.2, 0.25) is 17.7 Å². The van der Waals surface area contributed by atoms with Crippen LogP contribution in [0.1, 0.15) is 22.7 Å². The van der Waals surface area contributed by atoms with E-state index in [1.54, 1.807) is 31.4 Å². The lowest BCUT2D eigenvalue weighted by molar-refractivity contribution is 0.354. The summed E-state index contributed by atoms with van der Waals surface area (Å²) < 4.78 is 18.9. The van der Waals surface area contributed by atoms with Gasteiger partial charge in [-0.25, -0.2) is 18.9 Å². The van der Waals surface area contributed by atoms with Crippen LogP contribution in [0.4, 0.5) is 11.6 Å². The summed E-state index contributed by atoms with van der Waals surface area (Å²) in [7, 11) is 3.09. The zero-order valence-electron chi connectivity index (χ0n) is 20.6. The molecule has 0 aliphatic rings. The fourth-order valence-corrected chi connectivity index (χ4v) is 3.91. The Hall–Kier alpha value is -4.67. The lowest BCUT2D eigenvalue weighted by Crippen LogP contribution is -2.23. The predicted molar refractivity (Wildman–Crippen MR) is 133 cm³/mol. The molecule has 2 aromatic carbocycles. The van der Waals surface area contributed by atoms with Gasteiger partial charge in [-0.3, -0.25) is 0 Å². The minimum Gasteiger partial charge on any atom is -0.493 e. The molecule has 0 atom stereocenters. The maximum Gasteiger partial charge on any atom is 0.353 e. The number of nitrogens with one attached hydrogen (secondary N) is 1. The Labute approximate surface area is 206 Å². The van der Waals surface area contributed by atoms with Crippen molar-refractivity contribution in [1.29, 1.82) is 0 Å². The number of rotatable bonds is 7. The molecule has 0 aliphatic heterocycles. The van der Waals surface area contributed by atoms with Gasteiger partial charge in [0.25, 0.3) is 0 Å². The van der Waals surface area contributed by atoms with Gasteiger partial charge in [-0.2, -0.15) is 4.98 Å². The molecule has 0 radical (unpaired) electrons. The van der Waals surface area contributed by atoms with Crippen LogP contribution < -0.4 is 20.5 Å². The number of para-hydroxylation sites is 1. The van der Waals surface area contributed by atoms with Crippen molar-refractivity contribution in [1.82, 2.24) is 29.3 Å². The van der Waals surface area contributed by atoms with Crippen LogP contribution in [-0.4, -0.2) is 43.5 Å². The van der Waals surface area contributed by atoms with Crippen molar-refractivity contribution in [2.45, 2.75) is 27.3 Å². The number of hydrogen-bond acceptors (Lipinski definition) is 9. The first-order chi connectivity index (χ1) is 17.4. The summed E-state index contributed by atoms with van der Waals surface area (Å²) in [4.78, 5) is 22.3. The van der Waals surface area contributed by atoms with Crippen molar-refractivity contribution in [3.63, 3.8) is 0 Å². The molecular formula is C25H25N7O4. The third-order valence-electron chi connectivity index (χ3n) is 5.86. The highest BCUT2D eigenvalue weighted by molar-refractivity contribution is 5.68. The van der Waals surface area contributed by atoms with Crippen LogP contribution in [0.3, 0.4) is 0 Å². The van der Waals surface area contributed by atoms with E-state index in [0.717, 1.165) is 16.9 Å². The monoisotopic (exact) mass is 487 g/mol. The van der Waals surface area contributed by atoms with Gasteiger partial charge >= 0.3 is 5.69 Å². The highest BCUT2D eigenvalue weighted by Gasteiger charge is 2.19. The Bertz CT molecular complexity index is 1630. The molecule has 3 heterocycles. The molecule has 1 N–H and O–H groups in total. The van der Waals surface area contributed by atoms with Crippen LogP contribution in [0.15, 0.2) is 51.8 Å². The van der Waals surface area contributed by atoms with Gasteiger partial charge < -0.3 is 19.3 Å². The number of anilines is 2. The third-order valence-corrected chi connectivity index (χ3v) is 5.86. The van der Waals surface area contributed by atoms with Gasteiger partial charge in [-0.1, -0.05) is 17.3 Å². The number of methoxy groups -OCH3 is 2. The lowest BCUT2D eigenvalue weighted by Gasteiger charge is -2.09. The summed E-state index contributed by atoms with van der Waals surface area (Å²) in [5.41, 5.74) is 4.52. The molecule has 0 saturated carbocycles. The van der Waals surface area contributed by atoms with Crippen LogP contribution in [0.5, 0.6) is 11.5 Å². The summed E-state index contributed by atoms with van der Waals surface area (Å²) in [6.07, 6.45) is 0. The van der Waals surface area contributed by atoms with Crippen LogP contribution in [0, 0.1) is 20.8 Å². The maximum atomic E-state index is 13.3. The second-order valence-electron chi connectivity index (χ2n) is 8.33. The first-order valence-electron chi connectivity index (χ1n) is 11.2. The minimum absolute atomic E-state index is 0.0120. The van der Waals surface area contributed by atoms with Crippen molar-refractivity contribution >= 4 is 17.3 Å². The van der Waals surface area contributed by atoms with E-state index in [4.69, 9.17) is 14.0 Å². The Balaban J connectivity index is 1.49. The molecule has 0 unspecified atom stereocenters. The molecule has 0 aliphatic carbocycles. The molecule has 5 rings (SSSR count). The van der Waals surface area contributed by atoms with E-state index < -0.39 is 0 Å².